The molecule has 1 amide bonds. The number of allylic oxidation sites excluding steroid dienone is 2. The van der Waals surface area contributed by atoms with Crippen LogP contribution in [0.3, 0.4) is 0 Å². The first kappa shape index (κ1) is 6.65. The Morgan fingerprint density at radius 2 is 2.09 bits per heavy atom. The van der Waals surface area contributed by atoms with Gasteiger partial charge in [-0.05, 0) is 24.0 Å². The molecule has 1 heterocycles. The van der Waals surface area contributed by atoms with Gasteiger partial charge in [0.1, 0.15) is 0 Å². The van der Waals surface area contributed by atoms with Crippen molar-refractivity contribution < 1.29 is 4.79 Å². The monoisotopic (exact) mass is 149 g/mol. The summed E-state index contributed by atoms with van der Waals surface area (Å²) >= 11 is 0. The minimum absolute atomic E-state index is 0.185. The van der Waals surface area contributed by atoms with Gasteiger partial charge in [-0.3, -0.25) is 4.79 Å². The molecule has 0 radical (unpaired) electrons. The van der Waals surface area contributed by atoms with E-state index in [4.69, 9.17) is 0 Å². The molecule has 0 aromatic carbocycles. The largest absolute Gasteiger partial charge is 0.315 e. The predicted octanol–water partition coefficient (Wildman–Crippen LogP) is 1.45. The van der Waals surface area contributed by atoms with E-state index in [0.717, 1.165) is 24.1 Å². The lowest BCUT2D eigenvalue weighted by atomic mass is 10.2. The topological polar surface area (TPSA) is 20.3 Å². The molecule has 2 rings (SSSR count). The van der Waals surface area contributed by atoms with Crippen molar-refractivity contribution in [3.8, 4) is 0 Å². The number of carbonyl (C=O) groups excluding carboxylic acids is 1. The van der Waals surface area contributed by atoms with E-state index in [0.29, 0.717) is 6.42 Å². The smallest absolute Gasteiger partial charge is 0.231 e. The number of rotatable bonds is 0. The van der Waals surface area contributed by atoms with Crippen LogP contribution in [0.4, 0.5) is 0 Å². The van der Waals surface area contributed by atoms with Crippen LogP contribution in [0.25, 0.3) is 0 Å². The van der Waals surface area contributed by atoms with Crippen molar-refractivity contribution >= 4 is 5.91 Å². The highest BCUT2D eigenvalue weighted by Crippen LogP contribution is 2.39. The fraction of sp³-hybridized carbons (Fsp3) is 0.444. The van der Waals surface area contributed by atoms with Crippen LogP contribution in [0.1, 0.15) is 19.3 Å². The molecule has 2 fully saturated rings. The molecule has 0 unspecified atom stereocenters. The summed E-state index contributed by atoms with van der Waals surface area (Å²) in [6.07, 6.45) is 2.84. The summed E-state index contributed by atoms with van der Waals surface area (Å²) in [7, 11) is 1.83. The van der Waals surface area contributed by atoms with Crippen LogP contribution in [0.2, 0.25) is 0 Å². The lowest BCUT2D eigenvalue weighted by Crippen LogP contribution is -2.17. The molecular weight excluding hydrogens is 138 g/mol. The number of carbonyl (C=O) groups is 1. The van der Waals surface area contributed by atoms with Crippen molar-refractivity contribution in [3.05, 3.63) is 23.4 Å². The van der Waals surface area contributed by atoms with Crippen molar-refractivity contribution in [2.45, 2.75) is 19.3 Å². The number of nitrogens with zero attached hydrogens (tertiary/aromatic N) is 1. The Bertz CT molecular complexity index is 269. The van der Waals surface area contributed by atoms with Gasteiger partial charge in [-0.15, -0.1) is 0 Å². The van der Waals surface area contributed by atoms with E-state index in [1.807, 2.05) is 7.05 Å². The van der Waals surface area contributed by atoms with E-state index in [1.165, 1.54) is 5.57 Å². The van der Waals surface area contributed by atoms with Crippen LogP contribution in [0.5, 0.6) is 0 Å². The Morgan fingerprint density at radius 3 is 2.45 bits per heavy atom. The summed E-state index contributed by atoms with van der Waals surface area (Å²) < 4.78 is 0. The fourth-order valence-electron chi connectivity index (χ4n) is 1.53. The molecule has 1 aliphatic heterocycles. The average Bonchev–Trinajstić information content (AvgIpc) is 2.68. The van der Waals surface area contributed by atoms with Crippen LogP contribution in [-0.4, -0.2) is 17.9 Å². The number of amides is 1. The Hall–Kier alpha value is -1.05. The van der Waals surface area contributed by atoms with Crippen molar-refractivity contribution in [3.63, 3.8) is 0 Å². The van der Waals surface area contributed by atoms with Gasteiger partial charge >= 0.3 is 0 Å². The molecule has 1 saturated heterocycles. The number of hydrogen-bond donors (Lipinski definition) is 0. The van der Waals surface area contributed by atoms with E-state index >= 15 is 0 Å². The third-order valence-electron chi connectivity index (χ3n) is 2.24. The average molecular weight is 149 g/mol. The van der Waals surface area contributed by atoms with Crippen LogP contribution in [0.15, 0.2) is 23.4 Å². The highest BCUT2D eigenvalue weighted by Gasteiger charge is 2.31. The van der Waals surface area contributed by atoms with E-state index in [2.05, 4.69) is 6.58 Å². The van der Waals surface area contributed by atoms with Crippen LogP contribution in [0, 0.1) is 0 Å². The zero-order valence-electron chi connectivity index (χ0n) is 6.68. The normalized spacial score (nSPS) is 23.5. The van der Waals surface area contributed by atoms with E-state index in [9.17, 15) is 4.79 Å². The highest BCUT2D eigenvalue weighted by atomic mass is 16.2. The highest BCUT2D eigenvalue weighted by molar-refractivity contribution is 5.87. The van der Waals surface area contributed by atoms with Gasteiger partial charge in [0.2, 0.25) is 5.91 Å². The van der Waals surface area contributed by atoms with Gasteiger partial charge in [0.15, 0.2) is 0 Å². The Morgan fingerprint density at radius 1 is 1.45 bits per heavy atom. The maximum atomic E-state index is 11.2. The molecular formula is C9H11NO. The lowest BCUT2D eigenvalue weighted by molar-refractivity contribution is -0.125. The minimum Gasteiger partial charge on any atom is -0.315 e. The maximum absolute atomic E-state index is 11.2. The SMILES string of the molecule is C=C1CC(=O)N(C)C1=C1CC1. The molecule has 0 spiro atoms. The number of hydrogen-bond acceptors (Lipinski definition) is 1. The molecule has 0 N–H and O–H groups in total. The molecule has 0 aromatic heterocycles. The van der Waals surface area contributed by atoms with Crippen LogP contribution in [-0.2, 0) is 4.79 Å². The second kappa shape index (κ2) is 1.97. The van der Waals surface area contributed by atoms with Gasteiger partial charge < -0.3 is 4.90 Å². The maximum Gasteiger partial charge on any atom is 0.231 e. The molecule has 1 saturated carbocycles. The van der Waals surface area contributed by atoms with E-state index in [1.54, 1.807) is 4.90 Å². The van der Waals surface area contributed by atoms with Gasteiger partial charge in [0.25, 0.3) is 0 Å². The van der Waals surface area contributed by atoms with Crippen molar-refractivity contribution in [2.75, 3.05) is 7.05 Å². The predicted molar refractivity (Wildman–Crippen MR) is 42.8 cm³/mol. The molecule has 1 aliphatic carbocycles. The van der Waals surface area contributed by atoms with Gasteiger partial charge in [-0.1, -0.05) is 6.58 Å². The number of likely N-dealkylation sites (tertiary alicyclic amines) is 1. The van der Waals surface area contributed by atoms with Crippen molar-refractivity contribution in [1.29, 1.82) is 0 Å². The first-order valence-corrected chi connectivity index (χ1v) is 3.87. The van der Waals surface area contributed by atoms with Crippen molar-refractivity contribution in [1.82, 2.24) is 4.90 Å². The van der Waals surface area contributed by atoms with E-state index in [-0.39, 0.29) is 5.91 Å². The Kier molecular flexibility index (Phi) is 1.19. The van der Waals surface area contributed by atoms with Crippen LogP contribution >= 0.6 is 0 Å². The van der Waals surface area contributed by atoms with Gasteiger partial charge in [-0.25, -0.2) is 0 Å². The summed E-state index contributed by atoms with van der Waals surface area (Å²) in [5, 5.41) is 0. The Balaban J connectivity index is 2.40. The minimum atomic E-state index is 0.185. The second-order valence-electron chi connectivity index (χ2n) is 3.19. The molecule has 2 nitrogen and oxygen atoms in total. The summed E-state index contributed by atoms with van der Waals surface area (Å²) in [4.78, 5) is 12.9. The summed E-state index contributed by atoms with van der Waals surface area (Å²) in [5.41, 5.74) is 3.53. The molecule has 11 heavy (non-hydrogen) atoms. The fourth-order valence-corrected chi connectivity index (χ4v) is 1.53. The molecule has 0 aromatic rings. The molecule has 2 aliphatic rings. The zero-order chi connectivity index (χ0) is 8.01. The molecule has 0 atom stereocenters. The summed E-state index contributed by atoms with van der Waals surface area (Å²) in [6, 6.07) is 0. The third kappa shape index (κ3) is 0.897. The second-order valence-corrected chi connectivity index (χ2v) is 3.19. The molecule has 2 heteroatoms. The molecule has 0 bridgehead atoms. The number of likely N-dealkylation sites (N-methyl/N-ethyl adjacent to an activating group) is 1. The van der Waals surface area contributed by atoms with Crippen LogP contribution < -0.4 is 0 Å². The standard InChI is InChI=1S/C9H11NO/c1-6-5-8(11)10(2)9(6)7-3-4-7/h1,3-5H2,2H3. The third-order valence-corrected chi connectivity index (χ3v) is 2.24. The van der Waals surface area contributed by atoms with Gasteiger partial charge in [0.05, 0.1) is 6.42 Å². The van der Waals surface area contributed by atoms with Crippen molar-refractivity contribution in [2.24, 2.45) is 0 Å². The summed E-state index contributed by atoms with van der Waals surface area (Å²) in [5.74, 6) is 0.185. The van der Waals surface area contributed by atoms with Gasteiger partial charge in [-0.2, -0.15) is 0 Å². The first-order chi connectivity index (χ1) is 5.20. The zero-order valence-corrected chi connectivity index (χ0v) is 6.68. The van der Waals surface area contributed by atoms with Gasteiger partial charge in [0, 0.05) is 12.7 Å². The molecule has 58 valence electrons. The lowest BCUT2D eigenvalue weighted by Gasteiger charge is -2.09. The first-order valence-electron chi connectivity index (χ1n) is 3.87. The quantitative estimate of drug-likeness (QED) is 0.510. The van der Waals surface area contributed by atoms with E-state index < -0.39 is 0 Å². The Labute approximate surface area is 66.2 Å². The summed E-state index contributed by atoms with van der Waals surface area (Å²) in [6.45, 7) is 3.88.